The Balaban J connectivity index is 2.42. The summed E-state index contributed by atoms with van der Waals surface area (Å²) in [7, 11) is 0. The number of aliphatic hydroxyl groups excluding tert-OH is 1. The maximum atomic E-state index is 13.3. The third-order valence-corrected chi connectivity index (χ3v) is 3.63. The highest BCUT2D eigenvalue weighted by atomic mass is 35.5. The Hall–Kier alpha value is -1.56. The third-order valence-electron chi connectivity index (χ3n) is 3.29. The largest absolute Gasteiger partial charge is 0.388 e. The molecule has 0 radical (unpaired) electrons. The van der Waals surface area contributed by atoms with Crippen molar-refractivity contribution >= 4 is 11.6 Å². The first-order chi connectivity index (χ1) is 9.95. The molecule has 2 rings (SSSR count). The van der Waals surface area contributed by atoms with Crippen LogP contribution in [0.1, 0.15) is 23.1 Å². The smallest absolute Gasteiger partial charge is 0.194 e. The average molecular weight is 316 g/mol. The molecule has 0 amide bonds. The summed E-state index contributed by atoms with van der Waals surface area (Å²) in [4.78, 5) is 0. The van der Waals surface area contributed by atoms with Gasteiger partial charge in [0.05, 0.1) is 6.10 Å². The van der Waals surface area contributed by atoms with E-state index in [0.717, 1.165) is 12.1 Å². The van der Waals surface area contributed by atoms with Gasteiger partial charge in [0.25, 0.3) is 0 Å². The molecule has 0 aromatic heterocycles. The molecule has 112 valence electrons. The van der Waals surface area contributed by atoms with Crippen molar-refractivity contribution in [2.24, 2.45) is 5.73 Å². The van der Waals surface area contributed by atoms with E-state index in [1.54, 1.807) is 24.3 Å². The molecule has 2 atom stereocenters. The van der Waals surface area contributed by atoms with Crippen LogP contribution in [0, 0.1) is 17.5 Å². The lowest BCUT2D eigenvalue weighted by molar-refractivity contribution is 0.146. The molecule has 21 heavy (non-hydrogen) atoms. The molecule has 2 nitrogen and oxygen atoms in total. The fourth-order valence-corrected chi connectivity index (χ4v) is 2.46. The van der Waals surface area contributed by atoms with E-state index in [4.69, 9.17) is 17.3 Å². The number of nitrogens with two attached hydrogens (primary N) is 1. The summed E-state index contributed by atoms with van der Waals surface area (Å²) in [5.74, 6) is -4.96. The van der Waals surface area contributed by atoms with Gasteiger partial charge >= 0.3 is 0 Å². The van der Waals surface area contributed by atoms with E-state index in [2.05, 4.69) is 0 Å². The van der Waals surface area contributed by atoms with Gasteiger partial charge in [-0.25, -0.2) is 13.2 Å². The van der Waals surface area contributed by atoms with E-state index < -0.39 is 29.5 Å². The molecule has 0 fully saturated rings. The molecule has 0 aliphatic rings. The zero-order chi connectivity index (χ0) is 15.6. The highest BCUT2D eigenvalue weighted by molar-refractivity contribution is 6.31. The quantitative estimate of drug-likeness (QED) is 0.848. The molecule has 0 bridgehead atoms. The Morgan fingerprint density at radius 2 is 1.67 bits per heavy atom. The van der Waals surface area contributed by atoms with E-state index in [1.807, 2.05) is 0 Å². The summed E-state index contributed by atoms with van der Waals surface area (Å²) in [5.41, 5.74) is 6.10. The monoisotopic (exact) mass is 315 g/mol. The van der Waals surface area contributed by atoms with Gasteiger partial charge in [0.1, 0.15) is 0 Å². The molecule has 0 aliphatic carbocycles. The molecule has 0 saturated carbocycles. The van der Waals surface area contributed by atoms with Crippen LogP contribution in [-0.2, 0) is 0 Å². The topological polar surface area (TPSA) is 46.2 Å². The number of benzene rings is 2. The van der Waals surface area contributed by atoms with Gasteiger partial charge < -0.3 is 10.8 Å². The molecule has 0 saturated heterocycles. The van der Waals surface area contributed by atoms with Crippen molar-refractivity contribution in [3.63, 3.8) is 0 Å². The highest BCUT2D eigenvalue weighted by Gasteiger charge is 2.25. The Morgan fingerprint density at radius 3 is 2.19 bits per heavy atom. The van der Waals surface area contributed by atoms with Crippen LogP contribution in [0.3, 0.4) is 0 Å². The Labute approximate surface area is 125 Å². The van der Waals surface area contributed by atoms with Crippen molar-refractivity contribution in [1.29, 1.82) is 0 Å². The van der Waals surface area contributed by atoms with Crippen LogP contribution in [0.15, 0.2) is 36.4 Å². The molecular formula is C15H13ClF3NO. The lowest BCUT2D eigenvalue weighted by Gasteiger charge is -2.23. The zero-order valence-corrected chi connectivity index (χ0v) is 11.6. The number of hydrogen-bond acceptors (Lipinski definition) is 2. The number of halogens is 4. The summed E-state index contributed by atoms with van der Waals surface area (Å²) in [6, 6.07) is 8.22. The number of rotatable bonds is 4. The van der Waals surface area contributed by atoms with E-state index in [0.29, 0.717) is 10.6 Å². The molecule has 3 N–H and O–H groups in total. The van der Waals surface area contributed by atoms with Crippen molar-refractivity contribution < 1.29 is 18.3 Å². The van der Waals surface area contributed by atoms with Gasteiger partial charge in [-0.15, -0.1) is 0 Å². The normalized spacial score (nSPS) is 14.0. The first-order valence-electron chi connectivity index (χ1n) is 6.22. The predicted octanol–water partition coefficient (Wildman–Crippen LogP) is 3.53. The van der Waals surface area contributed by atoms with Crippen LogP contribution in [0.4, 0.5) is 13.2 Å². The van der Waals surface area contributed by atoms with Gasteiger partial charge in [0.15, 0.2) is 17.5 Å². The number of hydrogen-bond donors (Lipinski definition) is 2. The minimum atomic E-state index is -1.58. The summed E-state index contributed by atoms with van der Waals surface area (Å²) in [6.07, 6.45) is -1.31. The average Bonchev–Trinajstić information content (AvgIpc) is 2.46. The van der Waals surface area contributed by atoms with Gasteiger partial charge in [0.2, 0.25) is 0 Å². The van der Waals surface area contributed by atoms with Gasteiger partial charge in [-0.05, 0) is 29.3 Å². The van der Waals surface area contributed by atoms with E-state index in [1.165, 1.54) is 0 Å². The Bertz CT molecular complexity index is 628. The van der Waals surface area contributed by atoms with E-state index >= 15 is 0 Å². The second-order valence-electron chi connectivity index (χ2n) is 4.61. The summed E-state index contributed by atoms with van der Waals surface area (Å²) >= 11 is 6.04. The van der Waals surface area contributed by atoms with Crippen molar-refractivity contribution in [2.75, 3.05) is 6.54 Å². The van der Waals surface area contributed by atoms with Crippen LogP contribution >= 0.6 is 11.6 Å². The minimum Gasteiger partial charge on any atom is -0.388 e. The van der Waals surface area contributed by atoms with E-state index in [-0.39, 0.29) is 12.1 Å². The predicted molar refractivity (Wildman–Crippen MR) is 74.5 cm³/mol. The second kappa shape index (κ2) is 6.47. The van der Waals surface area contributed by atoms with Gasteiger partial charge in [-0.2, -0.15) is 0 Å². The first-order valence-corrected chi connectivity index (χ1v) is 6.60. The first kappa shape index (κ1) is 15.8. The third kappa shape index (κ3) is 3.20. The van der Waals surface area contributed by atoms with Gasteiger partial charge in [0, 0.05) is 17.5 Å². The molecule has 0 spiro atoms. The van der Waals surface area contributed by atoms with Crippen molar-refractivity contribution in [1.82, 2.24) is 0 Å². The van der Waals surface area contributed by atoms with Crippen LogP contribution in [-0.4, -0.2) is 11.7 Å². The van der Waals surface area contributed by atoms with Gasteiger partial charge in [-0.3, -0.25) is 0 Å². The molecule has 0 heterocycles. The maximum absolute atomic E-state index is 13.3. The molecule has 2 aromatic rings. The lowest BCUT2D eigenvalue weighted by atomic mass is 9.89. The molecular weight excluding hydrogens is 303 g/mol. The summed E-state index contributed by atoms with van der Waals surface area (Å²) in [6.45, 7) is 0.00547. The minimum absolute atomic E-state index is 0.00547. The van der Waals surface area contributed by atoms with Crippen LogP contribution in [0.2, 0.25) is 5.02 Å². The molecule has 0 aliphatic heterocycles. The highest BCUT2D eigenvalue weighted by Crippen LogP contribution is 2.34. The molecule has 2 aromatic carbocycles. The van der Waals surface area contributed by atoms with Crippen LogP contribution in [0.25, 0.3) is 0 Å². The second-order valence-corrected chi connectivity index (χ2v) is 5.01. The fraction of sp³-hybridized carbons (Fsp3) is 0.200. The van der Waals surface area contributed by atoms with Crippen molar-refractivity contribution in [3.8, 4) is 0 Å². The van der Waals surface area contributed by atoms with Crippen LogP contribution in [0.5, 0.6) is 0 Å². The summed E-state index contributed by atoms with van der Waals surface area (Å²) in [5, 5.41) is 10.7. The fourth-order valence-electron chi connectivity index (χ4n) is 2.18. The standard InChI is InChI=1S/C15H13ClF3NO/c16-11-4-2-1-3-9(11)10(7-20)15(21)8-5-12(17)14(19)13(18)6-8/h1-6,10,15,21H,7,20H2. The van der Waals surface area contributed by atoms with Crippen molar-refractivity contribution in [2.45, 2.75) is 12.0 Å². The molecule has 6 heteroatoms. The Morgan fingerprint density at radius 1 is 1.10 bits per heavy atom. The van der Waals surface area contributed by atoms with Gasteiger partial charge in [-0.1, -0.05) is 29.8 Å². The number of aliphatic hydroxyl groups is 1. The zero-order valence-electron chi connectivity index (χ0n) is 10.9. The lowest BCUT2D eigenvalue weighted by Crippen LogP contribution is -2.21. The summed E-state index contributed by atoms with van der Waals surface area (Å²) < 4.78 is 39.5. The molecule has 2 unspecified atom stereocenters. The Kier molecular flexibility index (Phi) is 4.88. The van der Waals surface area contributed by atoms with Crippen molar-refractivity contribution in [3.05, 3.63) is 70.0 Å². The SMILES string of the molecule is NCC(c1ccccc1Cl)C(O)c1cc(F)c(F)c(F)c1. The van der Waals surface area contributed by atoms with E-state index in [9.17, 15) is 18.3 Å². The maximum Gasteiger partial charge on any atom is 0.194 e. The van der Waals surface area contributed by atoms with Crippen LogP contribution < -0.4 is 5.73 Å².